The third kappa shape index (κ3) is 4.98. The Hall–Kier alpha value is -3.22. The maximum absolute atomic E-state index is 14.7. The van der Waals surface area contributed by atoms with Crippen LogP contribution in [-0.4, -0.2) is 37.7 Å². The Bertz CT molecular complexity index is 1140. The van der Waals surface area contributed by atoms with Gasteiger partial charge in [-0.25, -0.2) is 4.39 Å². The first-order valence-electron chi connectivity index (χ1n) is 11.8. The second-order valence-electron chi connectivity index (χ2n) is 10.4. The van der Waals surface area contributed by atoms with Gasteiger partial charge in [-0.15, -0.1) is 0 Å². The van der Waals surface area contributed by atoms with Crippen molar-refractivity contribution in [3.05, 3.63) is 64.5 Å². The van der Waals surface area contributed by atoms with Gasteiger partial charge in [-0.05, 0) is 46.2 Å². The summed E-state index contributed by atoms with van der Waals surface area (Å²) >= 11 is 0. The molecule has 0 aromatic heterocycles. The van der Waals surface area contributed by atoms with Crippen LogP contribution in [0.5, 0.6) is 0 Å². The molecule has 2 aromatic carbocycles. The zero-order valence-electron chi connectivity index (χ0n) is 20.2. The van der Waals surface area contributed by atoms with Crippen LogP contribution >= 0.6 is 0 Å². The van der Waals surface area contributed by atoms with Crippen LogP contribution < -0.4 is 15.5 Å². The minimum Gasteiger partial charge on any atom is -0.374 e. The smallest absolute Gasteiger partial charge is 0.226 e. The number of likely N-dealkylation sites (N-methyl/N-ethyl adjacent to an activating group) is 1. The average Bonchev–Trinajstić information content (AvgIpc) is 3.36. The zero-order valence-corrected chi connectivity index (χ0v) is 20.2. The number of anilines is 1. The number of nitrogens with one attached hydrogen (secondary N) is 2. The standard InChI is InChI=1S/C27H32FN3O3/c1-27(2,3)20-7-5-16(11-21(20)28)12-23(32)25(30-26(34)19-14-24(33)29-15-19)18-6-8-22-17(13-18)9-10-31(22)4/h5-8,11,13,19,25H,9-10,12,14-15H2,1-4H3,(H,29,33)(H,30,34)/t19-,25?/m1/s1. The van der Waals surface area contributed by atoms with Gasteiger partial charge >= 0.3 is 0 Å². The van der Waals surface area contributed by atoms with Crippen molar-refractivity contribution in [2.75, 3.05) is 25.0 Å². The van der Waals surface area contributed by atoms with Gasteiger partial charge in [0.1, 0.15) is 11.9 Å². The molecule has 2 amide bonds. The zero-order chi connectivity index (χ0) is 24.6. The Balaban J connectivity index is 1.60. The molecule has 0 aliphatic carbocycles. The molecule has 0 radical (unpaired) electrons. The molecule has 1 saturated heterocycles. The van der Waals surface area contributed by atoms with Crippen LogP contribution in [0.25, 0.3) is 0 Å². The van der Waals surface area contributed by atoms with E-state index in [1.54, 1.807) is 12.1 Å². The van der Waals surface area contributed by atoms with Crippen molar-refractivity contribution in [3.63, 3.8) is 0 Å². The fourth-order valence-corrected chi connectivity index (χ4v) is 4.75. The first-order chi connectivity index (χ1) is 16.0. The van der Waals surface area contributed by atoms with Crippen LogP contribution in [0.1, 0.15) is 55.5 Å². The molecule has 2 N–H and O–H groups in total. The molecule has 7 heteroatoms. The topological polar surface area (TPSA) is 78.5 Å². The molecule has 0 bridgehead atoms. The fraction of sp³-hybridized carbons (Fsp3) is 0.444. The number of hydrogen-bond acceptors (Lipinski definition) is 4. The van der Waals surface area contributed by atoms with Crippen molar-refractivity contribution in [3.8, 4) is 0 Å². The molecule has 2 aromatic rings. The predicted molar refractivity (Wildman–Crippen MR) is 129 cm³/mol. The number of benzene rings is 2. The van der Waals surface area contributed by atoms with E-state index in [-0.39, 0.29) is 48.2 Å². The van der Waals surface area contributed by atoms with E-state index in [9.17, 15) is 18.8 Å². The highest BCUT2D eigenvalue weighted by Crippen LogP contribution is 2.31. The molecule has 2 aliphatic heterocycles. The third-order valence-corrected chi connectivity index (χ3v) is 6.74. The van der Waals surface area contributed by atoms with Gasteiger partial charge in [-0.1, -0.05) is 45.0 Å². The van der Waals surface area contributed by atoms with Gasteiger partial charge in [-0.2, -0.15) is 0 Å². The summed E-state index contributed by atoms with van der Waals surface area (Å²) in [5, 5.41) is 5.54. The van der Waals surface area contributed by atoms with Crippen molar-refractivity contribution in [1.29, 1.82) is 0 Å². The van der Waals surface area contributed by atoms with Gasteiger partial charge in [0.2, 0.25) is 11.8 Å². The summed E-state index contributed by atoms with van der Waals surface area (Å²) in [6, 6.07) is 9.86. The van der Waals surface area contributed by atoms with E-state index in [2.05, 4.69) is 15.5 Å². The van der Waals surface area contributed by atoms with Gasteiger partial charge in [-0.3, -0.25) is 14.4 Å². The number of nitrogens with zero attached hydrogens (tertiary/aromatic N) is 1. The number of carbonyl (C=O) groups excluding carboxylic acids is 3. The molecular weight excluding hydrogens is 433 g/mol. The number of Topliss-reactive ketones (excluding diaryl/α,β-unsaturated/α-hetero) is 1. The number of carbonyl (C=O) groups is 3. The second kappa shape index (κ2) is 9.20. The van der Waals surface area contributed by atoms with Crippen molar-refractivity contribution in [2.24, 2.45) is 5.92 Å². The van der Waals surface area contributed by atoms with E-state index in [4.69, 9.17) is 0 Å². The third-order valence-electron chi connectivity index (χ3n) is 6.74. The summed E-state index contributed by atoms with van der Waals surface area (Å²) in [6.07, 6.45) is 0.974. The summed E-state index contributed by atoms with van der Waals surface area (Å²) in [4.78, 5) is 40.1. The monoisotopic (exact) mass is 465 g/mol. The van der Waals surface area contributed by atoms with Crippen LogP contribution in [0.15, 0.2) is 36.4 Å². The molecule has 34 heavy (non-hydrogen) atoms. The van der Waals surface area contributed by atoms with E-state index < -0.39 is 12.0 Å². The predicted octanol–water partition coefficient (Wildman–Crippen LogP) is 3.22. The average molecular weight is 466 g/mol. The quantitative estimate of drug-likeness (QED) is 0.687. The van der Waals surface area contributed by atoms with Crippen molar-refractivity contribution < 1.29 is 18.8 Å². The van der Waals surface area contributed by atoms with E-state index in [1.165, 1.54) is 6.07 Å². The molecule has 2 aliphatic rings. The Morgan fingerprint density at radius 2 is 1.97 bits per heavy atom. The molecule has 4 rings (SSSR count). The molecule has 0 spiro atoms. The number of fused-ring (bicyclic) bond motifs is 1. The highest BCUT2D eigenvalue weighted by molar-refractivity contribution is 5.94. The normalized spacial score (nSPS) is 18.4. The van der Waals surface area contributed by atoms with Crippen LogP contribution in [0.3, 0.4) is 0 Å². The van der Waals surface area contributed by atoms with Gasteiger partial charge < -0.3 is 15.5 Å². The number of rotatable bonds is 6. The molecule has 0 saturated carbocycles. The highest BCUT2D eigenvalue weighted by atomic mass is 19.1. The lowest BCUT2D eigenvalue weighted by Crippen LogP contribution is -2.39. The minimum atomic E-state index is -0.871. The first-order valence-corrected chi connectivity index (χ1v) is 11.8. The summed E-state index contributed by atoms with van der Waals surface area (Å²) in [6.45, 7) is 6.99. The molecule has 1 fully saturated rings. The van der Waals surface area contributed by atoms with E-state index >= 15 is 0 Å². The Labute approximate surface area is 199 Å². The number of ketones is 1. The summed E-state index contributed by atoms with van der Waals surface area (Å²) < 4.78 is 14.7. The Morgan fingerprint density at radius 3 is 2.62 bits per heavy atom. The molecular formula is C27H32FN3O3. The molecule has 180 valence electrons. The Morgan fingerprint density at radius 1 is 1.21 bits per heavy atom. The van der Waals surface area contributed by atoms with Gasteiger partial charge in [0.25, 0.3) is 0 Å². The van der Waals surface area contributed by atoms with Crippen molar-refractivity contribution in [1.82, 2.24) is 10.6 Å². The van der Waals surface area contributed by atoms with Crippen molar-refractivity contribution in [2.45, 2.75) is 51.5 Å². The minimum absolute atomic E-state index is 0.00881. The lowest BCUT2D eigenvalue weighted by atomic mass is 9.85. The molecule has 6 nitrogen and oxygen atoms in total. The summed E-state index contributed by atoms with van der Waals surface area (Å²) in [5.74, 6) is -1.57. The van der Waals surface area contributed by atoms with Crippen LogP contribution in [0.4, 0.5) is 10.1 Å². The largest absolute Gasteiger partial charge is 0.374 e. The SMILES string of the molecule is CN1CCc2cc(C(NC(=O)[C@H]3CNC(=O)C3)C(=O)Cc3ccc(C(C)(C)C)c(F)c3)ccc21. The molecule has 2 heterocycles. The van der Waals surface area contributed by atoms with E-state index in [0.717, 1.165) is 24.2 Å². The number of amides is 2. The van der Waals surface area contributed by atoms with Gasteiger partial charge in [0.05, 0.1) is 5.92 Å². The first kappa shape index (κ1) is 23.9. The van der Waals surface area contributed by atoms with Crippen molar-refractivity contribution >= 4 is 23.3 Å². The summed E-state index contributed by atoms with van der Waals surface area (Å²) in [5.41, 5.74) is 3.77. The van der Waals surface area contributed by atoms with Gasteiger partial charge in [0.15, 0.2) is 5.78 Å². The number of halogens is 1. The lowest BCUT2D eigenvalue weighted by molar-refractivity contribution is -0.130. The van der Waals surface area contributed by atoms with Gasteiger partial charge in [0, 0.05) is 38.7 Å². The van der Waals surface area contributed by atoms with Crippen LogP contribution in [0.2, 0.25) is 0 Å². The maximum atomic E-state index is 14.7. The van der Waals surface area contributed by atoms with Crippen LogP contribution in [-0.2, 0) is 32.6 Å². The molecule has 1 unspecified atom stereocenters. The fourth-order valence-electron chi connectivity index (χ4n) is 4.75. The van der Waals surface area contributed by atoms with E-state index in [1.807, 2.05) is 46.0 Å². The second-order valence-corrected chi connectivity index (χ2v) is 10.4. The lowest BCUT2D eigenvalue weighted by Gasteiger charge is -2.22. The number of hydrogen-bond donors (Lipinski definition) is 2. The molecule has 2 atom stereocenters. The van der Waals surface area contributed by atoms with Crippen LogP contribution in [0, 0.1) is 11.7 Å². The maximum Gasteiger partial charge on any atom is 0.226 e. The van der Waals surface area contributed by atoms with E-state index in [0.29, 0.717) is 16.7 Å². The summed E-state index contributed by atoms with van der Waals surface area (Å²) in [7, 11) is 2.02. The Kier molecular flexibility index (Phi) is 6.47. The highest BCUT2D eigenvalue weighted by Gasteiger charge is 2.32.